The maximum atomic E-state index is 11.5. The number of fused-ring (bicyclic) bond motifs is 1. The monoisotopic (exact) mass is 301 g/mol. The molecular formula is C15H18NaO3S+. The molecule has 1 N–H and O–H groups in total. The van der Waals surface area contributed by atoms with E-state index in [1.54, 1.807) is 6.07 Å². The van der Waals surface area contributed by atoms with E-state index < -0.39 is 10.1 Å². The van der Waals surface area contributed by atoms with Crippen molar-refractivity contribution in [3.63, 3.8) is 0 Å². The van der Waals surface area contributed by atoms with Crippen LogP contribution in [-0.2, 0) is 16.5 Å². The van der Waals surface area contributed by atoms with Crippen molar-refractivity contribution in [3.8, 4) is 11.1 Å². The van der Waals surface area contributed by atoms with Gasteiger partial charge in [0, 0.05) is 5.56 Å². The average molecular weight is 301 g/mol. The zero-order chi connectivity index (χ0) is 14.2. The molecule has 102 valence electrons. The fourth-order valence-corrected chi connectivity index (χ4v) is 3.04. The van der Waals surface area contributed by atoms with Crippen LogP contribution in [0.3, 0.4) is 0 Å². The third-order valence-electron chi connectivity index (χ3n) is 3.39. The molecular weight excluding hydrogens is 283 g/mol. The molecule has 20 heavy (non-hydrogen) atoms. The summed E-state index contributed by atoms with van der Waals surface area (Å²) in [4.78, 5) is 0.0115. The Labute approximate surface area is 142 Å². The van der Waals surface area contributed by atoms with E-state index >= 15 is 0 Å². The maximum absolute atomic E-state index is 11.5. The van der Waals surface area contributed by atoms with Gasteiger partial charge in [-0.1, -0.05) is 39.0 Å². The molecule has 0 radical (unpaired) electrons. The molecule has 0 spiro atoms. The van der Waals surface area contributed by atoms with Gasteiger partial charge in [0.1, 0.15) is 4.90 Å². The van der Waals surface area contributed by atoms with Crippen molar-refractivity contribution in [2.24, 2.45) is 0 Å². The first kappa shape index (κ1) is 17.7. The SMILES string of the molecule is CCc1cc(S(=O)(=O)O)c2cc(C(C)C)cccc1-2.[Na+]. The van der Waals surface area contributed by atoms with Crippen LogP contribution < -0.4 is 29.6 Å². The molecule has 0 aromatic heterocycles. The molecule has 0 saturated carbocycles. The second-order valence-electron chi connectivity index (χ2n) is 5.01. The van der Waals surface area contributed by atoms with Gasteiger partial charge in [0.05, 0.1) is 0 Å². The van der Waals surface area contributed by atoms with E-state index in [0.29, 0.717) is 11.5 Å². The molecule has 0 atom stereocenters. The van der Waals surface area contributed by atoms with Crippen LogP contribution in [0.5, 0.6) is 0 Å². The van der Waals surface area contributed by atoms with Crippen molar-refractivity contribution in [2.45, 2.75) is 38.0 Å². The van der Waals surface area contributed by atoms with Gasteiger partial charge >= 0.3 is 29.6 Å². The standard InChI is InChI=1S/C15H18O3S.Na/c1-4-11-9-15(19(16,17)18)14-8-12(10(2)3)6-5-7-13(11)14;/h5-10H,4H2,1-3H3,(H,16,17,18);/q;+1. The van der Waals surface area contributed by atoms with Crippen LogP contribution in [0.1, 0.15) is 37.8 Å². The van der Waals surface area contributed by atoms with Gasteiger partial charge in [-0.3, -0.25) is 4.55 Å². The molecule has 3 nitrogen and oxygen atoms in total. The summed E-state index contributed by atoms with van der Waals surface area (Å²) in [5.41, 5.74) is 3.48. The minimum absolute atomic E-state index is 0. The van der Waals surface area contributed by atoms with Crippen molar-refractivity contribution < 1.29 is 42.5 Å². The minimum Gasteiger partial charge on any atom is -0.282 e. The Hall–Kier alpha value is -0.390. The van der Waals surface area contributed by atoms with Gasteiger partial charge in [0.2, 0.25) is 0 Å². The van der Waals surface area contributed by atoms with Gasteiger partial charge in [-0.15, -0.1) is 0 Å². The van der Waals surface area contributed by atoms with E-state index in [2.05, 4.69) is 13.8 Å². The van der Waals surface area contributed by atoms with Gasteiger partial charge < -0.3 is 0 Å². The van der Waals surface area contributed by atoms with Crippen molar-refractivity contribution in [1.29, 1.82) is 0 Å². The Bertz CT molecular complexity index is 678. The quantitative estimate of drug-likeness (QED) is 0.672. The minimum atomic E-state index is -4.19. The van der Waals surface area contributed by atoms with Gasteiger partial charge in [-0.05, 0) is 41.2 Å². The second kappa shape index (κ2) is 6.58. The zero-order valence-corrected chi connectivity index (χ0v) is 15.2. The molecule has 2 aliphatic carbocycles. The van der Waals surface area contributed by atoms with E-state index in [-0.39, 0.29) is 34.5 Å². The van der Waals surface area contributed by atoms with Gasteiger partial charge in [-0.2, -0.15) is 8.42 Å². The molecule has 0 saturated heterocycles. The smallest absolute Gasteiger partial charge is 0.282 e. The van der Waals surface area contributed by atoms with E-state index in [9.17, 15) is 13.0 Å². The number of hydrogen-bond acceptors (Lipinski definition) is 2. The third-order valence-corrected chi connectivity index (χ3v) is 4.29. The summed E-state index contributed by atoms with van der Waals surface area (Å²) in [5.74, 6) is 0.296. The van der Waals surface area contributed by atoms with E-state index in [1.165, 1.54) is 0 Å². The molecule has 2 rings (SSSR count). The summed E-state index contributed by atoms with van der Waals surface area (Å²) in [6.07, 6.45) is 0.729. The first-order chi connectivity index (χ1) is 8.84. The molecule has 0 aromatic carbocycles. The molecule has 2 aliphatic rings. The van der Waals surface area contributed by atoms with Crippen molar-refractivity contribution >= 4 is 10.1 Å². The Morgan fingerprint density at radius 2 is 1.80 bits per heavy atom. The predicted molar refractivity (Wildman–Crippen MR) is 76.3 cm³/mol. The van der Waals surface area contributed by atoms with E-state index in [4.69, 9.17) is 0 Å². The van der Waals surface area contributed by atoms with Crippen molar-refractivity contribution in [2.75, 3.05) is 0 Å². The normalized spacial score (nSPS) is 11.7. The second-order valence-corrected chi connectivity index (χ2v) is 6.40. The molecule has 0 unspecified atom stereocenters. The zero-order valence-electron chi connectivity index (χ0n) is 12.3. The summed E-state index contributed by atoms with van der Waals surface area (Å²) in [7, 11) is -4.19. The third kappa shape index (κ3) is 3.43. The number of hydrogen-bond donors (Lipinski definition) is 1. The average Bonchev–Trinajstić information content (AvgIpc) is 2.52. The molecule has 0 bridgehead atoms. The Balaban J connectivity index is 0.00000200. The fourth-order valence-electron chi connectivity index (χ4n) is 2.30. The number of aryl methyl sites for hydroxylation is 1. The molecule has 0 aromatic rings. The number of rotatable bonds is 3. The van der Waals surface area contributed by atoms with Gasteiger partial charge in [0.25, 0.3) is 10.1 Å². The molecule has 0 aliphatic heterocycles. The summed E-state index contributed by atoms with van der Waals surface area (Å²) < 4.78 is 32.4. The summed E-state index contributed by atoms with van der Waals surface area (Å²) in [6, 6.07) is 9.27. The van der Waals surface area contributed by atoms with Crippen LogP contribution in [0.15, 0.2) is 35.2 Å². The molecule has 0 fully saturated rings. The summed E-state index contributed by atoms with van der Waals surface area (Å²) >= 11 is 0. The molecule has 5 heteroatoms. The summed E-state index contributed by atoms with van der Waals surface area (Å²) in [5, 5.41) is 0. The maximum Gasteiger partial charge on any atom is 1.00 e. The first-order valence-electron chi connectivity index (χ1n) is 6.37. The predicted octanol–water partition coefficient (Wildman–Crippen LogP) is 0.728. The first-order valence-corrected chi connectivity index (χ1v) is 7.81. The molecule has 0 heterocycles. The van der Waals surface area contributed by atoms with Gasteiger partial charge in [0.15, 0.2) is 0 Å². The fraction of sp³-hybridized carbons (Fsp3) is 0.333. The largest absolute Gasteiger partial charge is 1.00 e. The van der Waals surface area contributed by atoms with Crippen LogP contribution in [0.2, 0.25) is 0 Å². The van der Waals surface area contributed by atoms with E-state index in [0.717, 1.165) is 23.1 Å². The summed E-state index contributed by atoms with van der Waals surface area (Å²) in [6.45, 7) is 6.08. The van der Waals surface area contributed by atoms with Crippen LogP contribution >= 0.6 is 0 Å². The van der Waals surface area contributed by atoms with Crippen LogP contribution in [0, 0.1) is 0 Å². The van der Waals surface area contributed by atoms with Crippen LogP contribution in [0.25, 0.3) is 11.1 Å². The van der Waals surface area contributed by atoms with E-state index in [1.807, 2.05) is 31.2 Å². The Kier molecular flexibility index (Phi) is 5.81. The van der Waals surface area contributed by atoms with Crippen LogP contribution in [0.4, 0.5) is 0 Å². The Morgan fingerprint density at radius 3 is 2.30 bits per heavy atom. The van der Waals surface area contributed by atoms with Crippen molar-refractivity contribution in [1.82, 2.24) is 0 Å². The molecule has 0 amide bonds. The van der Waals surface area contributed by atoms with Crippen molar-refractivity contribution in [3.05, 3.63) is 41.5 Å². The topological polar surface area (TPSA) is 54.4 Å². The Morgan fingerprint density at radius 1 is 1.15 bits per heavy atom. The van der Waals surface area contributed by atoms with Crippen LogP contribution in [-0.4, -0.2) is 13.0 Å². The van der Waals surface area contributed by atoms with Gasteiger partial charge in [-0.25, -0.2) is 0 Å².